The molecule has 5 heteroatoms. The SMILES string of the molecule is O=C1C2CCCCC2C(=O)N1C1(C(=O)O)CCCCCC1. The van der Waals surface area contributed by atoms with Crippen molar-refractivity contribution in [3.8, 4) is 0 Å². The molecule has 1 aliphatic heterocycles. The van der Waals surface area contributed by atoms with Crippen molar-refractivity contribution in [1.29, 1.82) is 0 Å². The largest absolute Gasteiger partial charge is 0.479 e. The summed E-state index contributed by atoms with van der Waals surface area (Å²) in [5, 5.41) is 9.80. The fourth-order valence-corrected chi connectivity index (χ4v) is 4.43. The van der Waals surface area contributed by atoms with Gasteiger partial charge < -0.3 is 5.11 Å². The molecule has 116 valence electrons. The van der Waals surface area contributed by atoms with E-state index in [4.69, 9.17) is 0 Å². The molecule has 2 aliphatic carbocycles. The number of carbonyl (C=O) groups is 3. The fourth-order valence-electron chi connectivity index (χ4n) is 4.43. The molecule has 0 aromatic heterocycles. The number of rotatable bonds is 2. The maximum Gasteiger partial charge on any atom is 0.330 e. The number of hydrogen-bond acceptors (Lipinski definition) is 3. The number of aliphatic carboxylic acids is 1. The van der Waals surface area contributed by atoms with Crippen LogP contribution in [0.25, 0.3) is 0 Å². The molecule has 1 heterocycles. The molecule has 5 nitrogen and oxygen atoms in total. The summed E-state index contributed by atoms with van der Waals surface area (Å²) in [4.78, 5) is 38.6. The van der Waals surface area contributed by atoms with Crippen LogP contribution < -0.4 is 0 Å². The van der Waals surface area contributed by atoms with Gasteiger partial charge in [-0.3, -0.25) is 14.5 Å². The Balaban J connectivity index is 1.97. The molecular weight excluding hydrogens is 270 g/mol. The summed E-state index contributed by atoms with van der Waals surface area (Å²) < 4.78 is 0. The summed E-state index contributed by atoms with van der Waals surface area (Å²) in [6, 6.07) is 0. The number of carboxylic acids is 1. The molecule has 21 heavy (non-hydrogen) atoms. The predicted molar refractivity (Wildman–Crippen MR) is 75.4 cm³/mol. The Bertz CT molecular complexity index is 441. The number of nitrogens with zero attached hydrogens (tertiary/aromatic N) is 1. The Morgan fingerprint density at radius 3 is 1.81 bits per heavy atom. The average Bonchev–Trinajstić information content (AvgIpc) is 2.67. The first-order valence-electron chi connectivity index (χ1n) is 8.19. The second kappa shape index (κ2) is 5.43. The molecule has 1 saturated heterocycles. The Morgan fingerprint density at radius 2 is 1.38 bits per heavy atom. The van der Waals surface area contributed by atoms with Crippen molar-refractivity contribution in [2.75, 3.05) is 0 Å². The molecule has 0 aromatic carbocycles. The second-order valence-electron chi connectivity index (χ2n) is 6.76. The normalized spacial score (nSPS) is 32.7. The predicted octanol–water partition coefficient (Wildman–Crippen LogP) is 2.34. The number of carbonyl (C=O) groups excluding carboxylic acids is 2. The van der Waals surface area contributed by atoms with Gasteiger partial charge in [-0.1, -0.05) is 38.5 Å². The van der Waals surface area contributed by atoms with E-state index in [9.17, 15) is 19.5 Å². The van der Waals surface area contributed by atoms with Crippen molar-refractivity contribution < 1.29 is 19.5 Å². The molecule has 3 rings (SSSR count). The zero-order valence-electron chi connectivity index (χ0n) is 12.3. The summed E-state index contributed by atoms with van der Waals surface area (Å²) in [7, 11) is 0. The van der Waals surface area contributed by atoms with Crippen LogP contribution in [-0.2, 0) is 14.4 Å². The lowest BCUT2D eigenvalue weighted by molar-refractivity contribution is -0.165. The minimum Gasteiger partial charge on any atom is -0.479 e. The zero-order valence-corrected chi connectivity index (χ0v) is 12.3. The summed E-state index contributed by atoms with van der Waals surface area (Å²) in [6.07, 6.45) is 7.76. The van der Waals surface area contributed by atoms with E-state index in [1.807, 2.05) is 0 Å². The highest BCUT2D eigenvalue weighted by molar-refractivity contribution is 6.09. The van der Waals surface area contributed by atoms with Gasteiger partial charge in [-0.15, -0.1) is 0 Å². The third kappa shape index (κ3) is 2.17. The smallest absolute Gasteiger partial charge is 0.330 e. The minimum atomic E-state index is -1.28. The van der Waals surface area contributed by atoms with E-state index in [0.29, 0.717) is 12.8 Å². The van der Waals surface area contributed by atoms with Crippen LogP contribution in [0.2, 0.25) is 0 Å². The molecule has 3 aliphatic rings. The molecular formula is C16H23NO4. The van der Waals surface area contributed by atoms with E-state index in [0.717, 1.165) is 51.4 Å². The molecule has 0 spiro atoms. The lowest BCUT2D eigenvalue weighted by Crippen LogP contribution is -2.57. The zero-order chi connectivity index (χ0) is 15.0. The first kappa shape index (κ1) is 14.5. The van der Waals surface area contributed by atoms with Gasteiger partial charge in [-0.2, -0.15) is 0 Å². The average molecular weight is 293 g/mol. The Labute approximate surface area is 124 Å². The highest BCUT2D eigenvalue weighted by Gasteiger charge is 2.58. The van der Waals surface area contributed by atoms with Crippen LogP contribution in [0, 0.1) is 11.8 Å². The van der Waals surface area contributed by atoms with Gasteiger partial charge in [0.15, 0.2) is 0 Å². The Kier molecular flexibility index (Phi) is 3.76. The molecule has 2 atom stereocenters. The van der Waals surface area contributed by atoms with Crippen LogP contribution in [0.15, 0.2) is 0 Å². The van der Waals surface area contributed by atoms with Gasteiger partial charge in [-0.25, -0.2) is 4.79 Å². The van der Waals surface area contributed by atoms with Crippen molar-refractivity contribution in [2.45, 2.75) is 69.7 Å². The van der Waals surface area contributed by atoms with Crippen LogP contribution in [0.5, 0.6) is 0 Å². The number of amides is 2. The first-order chi connectivity index (χ1) is 10.1. The van der Waals surface area contributed by atoms with Crippen molar-refractivity contribution in [3.63, 3.8) is 0 Å². The van der Waals surface area contributed by atoms with Crippen LogP contribution in [0.4, 0.5) is 0 Å². The van der Waals surface area contributed by atoms with Gasteiger partial charge in [0.1, 0.15) is 5.54 Å². The van der Waals surface area contributed by atoms with E-state index in [2.05, 4.69) is 0 Å². The highest BCUT2D eigenvalue weighted by atomic mass is 16.4. The first-order valence-corrected chi connectivity index (χ1v) is 8.19. The molecule has 2 unspecified atom stereocenters. The van der Waals surface area contributed by atoms with Crippen LogP contribution in [-0.4, -0.2) is 33.3 Å². The molecule has 0 aromatic rings. The minimum absolute atomic E-state index is 0.214. The van der Waals surface area contributed by atoms with Crippen molar-refractivity contribution in [2.24, 2.45) is 11.8 Å². The molecule has 1 N–H and O–H groups in total. The van der Waals surface area contributed by atoms with Gasteiger partial charge in [-0.05, 0) is 25.7 Å². The van der Waals surface area contributed by atoms with Crippen LogP contribution in [0.1, 0.15) is 64.2 Å². The molecule has 3 fully saturated rings. The molecule has 0 radical (unpaired) electrons. The Morgan fingerprint density at radius 1 is 0.905 bits per heavy atom. The van der Waals surface area contributed by atoms with Gasteiger partial charge in [0, 0.05) is 0 Å². The Hall–Kier alpha value is -1.39. The third-order valence-corrected chi connectivity index (χ3v) is 5.60. The summed E-state index contributed by atoms with van der Waals surface area (Å²) in [5.74, 6) is -1.94. The topological polar surface area (TPSA) is 74.7 Å². The summed E-state index contributed by atoms with van der Waals surface area (Å²) in [6.45, 7) is 0. The van der Waals surface area contributed by atoms with Crippen LogP contribution in [0.3, 0.4) is 0 Å². The standard InChI is InChI=1S/C16H23NO4/c18-13-11-7-3-4-8-12(11)14(19)17(13)16(15(20)21)9-5-1-2-6-10-16/h11-12H,1-10H2,(H,20,21). The van der Waals surface area contributed by atoms with E-state index in [1.165, 1.54) is 4.90 Å². The monoisotopic (exact) mass is 293 g/mol. The molecule has 0 bridgehead atoms. The van der Waals surface area contributed by atoms with Crippen molar-refractivity contribution in [3.05, 3.63) is 0 Å². The van der Waals surface area contributed by atoms with E-state index in [-0.39, 0.29) is 23.7 Å². The fraction of sp³-hybridized carbons (Fsp3) is 0.812. The number of hydrogen-bond donors (Lipinski definition) is 1. The van der Waals surface area contributed by atoms with Crippen molar-refractivity contribution in [1.82, 2.24) is 4.90 Å². The van der Waals surface area contributed by atoms with Crippen molar-refractivity contribution >= 4 is 17.8 Å². The second-order valence-corrected chi connectivity index (χ2v) is 6.76. The summed E-state index contributed by atoms with van der Waals surface area (Å²) >= 11 is 0. The van der Waals surface area contributed by atoms with E-state index < -0.39 is 11.5 Å². The number of fused-ring (bicyclic) bond motifs is 1. The molecule has 2 amide bonds. The lowest BCUT2D eigenvalue weighted by atomic mass is 9.81. The number of carboxylic acid groups (broad SMARTS) is 1. The van der Waals surface area contributed by atoms with Gasteiger partial charge in [0.05, 0.1) is 11.8 Å². The van der Waals surface area contributed by atoms with Crippen LogP contribution >= 0.6 is 0 Å². The van der Waals surface area contributed by atoms with E-state index in [1.54, 1.807) is 0 Å². The third-order valence-electron chi connectivity index (χ3n) is 5.60. The molecule has 2 saturated carbocycles. The maximum atomic E-state index is 12.7. The maximum absolute atomic E-state index is 12.7. The van der Waals surface area contributed by atoms with Gasteiger partial charge in [0.2, 0.25) is 11.8 Å². The quantitative estimate of drug-likeness (QED) is 0.626. The van der Waals surface area contributed by atoms with Gasteiger partial charge >= 0.3 is 5.97 Å². The summed E-state index contributed by atoms with van der Waals surface area (Å²) in [5.41, 5.74) is -1.28. The van der Waals surface area contributed by atoms with Gasteiger partial charge in [0.25, 0.3) is 0 Å². The lowest BCUT2D eigenvalue weighted by Gasteiger charge is -2.36. The number of likely N-dealkylation sites (tertiary alicyclic amines) is 1. The van der Waals surface area contributed by atoms with E-state index >= 15 is 0 Å². The highest BCUT2D eigenvalue weighted by Crippen LogP contribution is 2.44. The number of imide groups is 1.